The molecule has 2 atom stereocenters. The van der Waals surface area contributed by atoms with E-state index in [9.17, 15) is 14.8 Å². The standard InChI is InChI=1S/C12H22N2O6/c1-13(5-6-15)4-3-11(16)20-9-7-10(12(17)19-2)14(18)8-9/h9-10,15,18H,3-8H2,1-2H3/t9-,10-/m0/s1. The van der Waals surface area contributed by atoms with Crippen molar-refractivity contribution in [1.82, 2.24) is 9.96 Å². The van der Waals surface area contributed by atoms with Crippen molar-refractivity contribution >= 4 is 11.9 Å². The second kappa shape index (κ2) is 8.15. The molecular formula is C12H22N2O6. The van der Waals surface area contributed by atoms with Gasteiger partial charge >= 0.3 is 11.9 Å². The Labute approximate surface area is 117 Å². The number of hydroxylamine groups is 2. The maximum atomic E-state index is 11.6. The summed E-state index contributed by atoms with van der Waals surface area (Å²) in [6.45, 7) is 1.10. The van der Waals surface area contributed by atoms with Gasteiger partial charge in [0.05, 0.1) is 26.7 Å². The number of aliphatic hydroxyl groups excluding tert-OH is 1. The highest BCUT2D eigenvalue weighted by atomic mass is 16.6. The summed E-state index contributed by atoms with van der Waals surface area (Å²) < 4.78 is 9.75. The van der Waals surface area contributed by atoms with Crippen LogP contribution < -0.4 is 0 Å². The highest BCUT2D eigenvalue weighted by Crippen LogP contribution is 2.19. The lowest BCUT2D eigenvalue weighted by molar-refractivity contribution is -0.165. The number of rotatable bonds is 7. The van der Waals surface area contributed by atoms with E-state index < -0.39 is 24.1 Å². The van der Waals surface area contributed by atoms with Crippen LogP contribution in [0.25, 0.3) is 0 Å². The third-order valence-electron chi connectivity index (χ3n) is 3.19. The first kappa shape index (κ1) is 16.8. The van der Waals surface area contributed by atoms with E-state index in [-0.39, 0.29) is 26.0 Å². The van der Waals surface area contributed by atoms with Crippen molar-refractivity contribution < 1.29 is 29.4 Å². The fourth-order valence-corrected chi connectivity index (χ4v) is 2.03. The van der Waals surface area contributed by atoms with Gasteiger partial charge in [-0.25, -0.2) is 0 Å². The number of nitrogens with zero attached hydrogens (tertiary/aromatic N) is 2. The van der Waals surface area contributed by atoms with Crippen molar-refractivity contribution in [3.63, 3.8) is 0 Å². The minimum atomic E-state index is -0.783. The second-order valence-corrected chi connectivity index (χ2v) is 4.79. The van der Waals surface area contributed by atoms with Gasteiger partial charge < -0.3 is 24.7 Å². The molecule has 116 valence electrons. The van der Waals surface area contributed by atoms with Gasteiger partial charge in [-0.15, -0.1) is 0 Å². The molecule has 0 unspecified atom stereocenters. The predicted octanol–water partition coefficient (Wildman–Crippen LogP) is -1.15. The normalized spacial score (nSPS) is 23.1. The van der Waals surface area contributed by atoms with Crippen LogP contribution in [0, 0.1) is 0 Å². The summed E-state index contributed by atoms with van der Waals surface area (Å²) in [4.78, 5) is 24.8. The smallest absolute Gasteiger partial charge is 0.325 e. The number of carbonyl (C=O) groups is 2. The lowest BCUT2D eigenvalue weighted by atomic mass is 10.2. The van der Waals surface area contributed by atoms with Crippen LogP contribution in [-0.2, 0) is 19.1 Å². The Morgan fingerprint density at radius 2 is 2.10 bits per heavy atom. The molecule has 1 rings (SSSR count). The molecule has 1 aliphatic rings. The van der Waals surface area contributed by atoms with Crippen LogP contribution in [0.1, 0.15) is 12.8 Å². The summed E-state index contributed by atoms with van der Waals surface area (Å²) in [6, 6.07) is -0.783. The highest BCUT2D eigenvalue weighted by Gasteiger charge is 2.38. The Balaban J connectivity index is 2.31. The molecule has 0 saturated carbocycles. The summed E-state index contributed by atoms with van der Waals surface area (Å²) in [5.74, 6) is -0.938. The maximum Gasteiger partial charge on any atom is 0.325 e. The van der Waals surface area contributed by atoms with Crippen LogP contribution >= 0.6 is 0 Å². The Morgan fingerprint density at radius 3 is 2.70 bits per heavy atom. The van der Waals surface area contributed by atoms with Crippen molar-refractivity contribution in [3.8, 4) is 0 Å². The van der Waals surface area contributed by atoms with Gasteiger partial charge in [0.2, 0.25) is 0 Å². The van der Waals surface area contributed by atoms with E-state index >= 15 is 0 Å². The number of carbonyl (C=O) groups excluding carboxylic acids is 2. The van der Waals surface area contributed by atoms with E-state index in [1.807, 2.05) is 4.90 Å². The molecule has 2 N–H and O–H groups in total. The first-order valence-corrected chi connectivity index (χ1v) is 6.50. The monoisotopic (exact) mass is 290 g/mol. The molecule has 0 aliphatic carbocycles. The molecule has 1 fully saturated rings. The molecular weight excluding hydrogens is 268 g/mol. The molecule has 0 bridgehead atoms. The van der Waals surface area contributed by atoms with Crippen LogP contribution in [0.4, 0.5) is 0 Å². The summed E-state index contributed by atoms with van der Waals surface area (Å²) in [6.07, 6.45) is -0.0948. The Hall–Kier alpha value is -1.22. The molecule has 0 aromatic carbocycles. The summed E-state index contributed by atoms with van der Waals surface area (Å²) in [5, 5.41) is 19.1. The van der Waals surface area contributed by atoms with Crippen molar-refractivity contribution in [2.45, 2.75) is 25.0 Å². The number of ether oxygens (including phenoxy) is 2. The molecule has 0 spiro atoms. The summed E-state index contributed by atoms with van der Waals surface area (Å²) in [7, 11) is 3.04. The zero-order valence-electron chi connectivity index (χ0n) is 11.8. The molecule has 8 heteroatoms. The van der Waals surface area contributed by atoms with Crippen LogP contribution in [0.2, 0.25) is 0 Å². The fourth-order valence-electron chi connectivity index (χ4n) is 2.03. The van der Waals surface area contributed by atoms with Crippen molar-refractivity contribution in [2.24, 2.45) is 0 Å². The van der Waals surface area contributed by atoms with E-state index in [0.717, 1.165) is 5.06 Å². The number of methoxy groups -OCH3 is 1. The topological polar surface area (TPSA) is 99.5 Å². The zero-order chi connectivity index (χ0) is 15.1. The van der Waals surface area contributed by atoms with E-state index in [1.54, 1.807) is 7.05 Å². The number of aliphatic hydroxyl groups is 1. The Bertz CT molecular complexity index is 338. The Morgan fingerprint density at radius 1 is 1.40 bits per heavy atom. The molecule has 20 heavy (non-hydrogen) atoms. The number of hydrogen-bond acceptors (Lipinski definition) is 8. The molecule has 0 radical (unpaired) electrons. The Kier molecular flexibility index (Phi) is 6.86. The van der Waals surface area contributed by atoms with Gasteiger partial charge in [0.15, 0.2) is 0 Å². The molecule has 8 nitrogen and oxygen atoms in total. The van der Waals surface area contributed by atoms with E-state index in [0.29, 0.717) is 13.1 Å². The minimum absolute atomic E-state index is 0.0362. The third-order valence-corrected chi connectivity index (χ3v) is 3.19. The van der Waals surface area contributed by atoms with Gasteiger partial charge in [-0.1, -0.05) is 0 Å². The summed E-state index contributed by atoms with van der Waals surface area (Å²) >= 11 is 0. The molecule has 1 aliphatic heterocycles. The number of esters is 2. The van der Waals surface area contributed by atoms with Crippen molar-refractivity contribution in [1.29, 1.82) is 0 Å². The van der Waals surface area contributed by atoms with Crippen LogP contribution in [0.5, 0.6) is 0 Å². The van der Waals surface area contributed by atoms with Crippen LogP contribution in [0.15, 0.2) is 0 Å². The van der Waals surface area contributed by atoms with Gasteiger partial charge in [-0.2, -0.15) is 5.06 Å². The van der Waals surface area contributed by atoms with Crippen LogP contribution in [0.3, 0.4) is 0 Å². The average molecular weight is 290 g/mol. The largest absolute Gasteiger partial charge is 0.468 e. The van der Waals surface area contributed by atoms with E-state index in [1.165, 1.54) is 7.11 Å². The quantitative estimate of drug-likeness (QED) is 0.567. The first-order valence-electron chi connectivity index (χ1n) is 6.50. The molecule has 1 saturated heterocycles. The SMILES string of the molecule is COC(=O)[C@@H]1C[C@H](OC(=O)CCN(C)CCO)CN1O. The average Bonchev–Trinajstić information content (AvgIpc) is 2.76. The number of hydrogen-bond donors (Lipinski definition) is 2. The van der Waals surface area contributed by atoms with Gasteiger partial charge in [0.1, 0.15) is 12.1 Å². The van der Waals surface area contributed by atoms with Gasteiger partial charge in [-0.05, 0) is 7.05 Å². The van der Waals surface area contributed by atoms with Crippen molar-refractivity contribution in [3.05, 3.63) is 0 Å². The third kappa shape index (κ3) is 5.04. The lowest BCUT2D eigenvalue weighted by Gasteiger charge is -2.15. The minimum Gasteiger partial charge on any atom is -0.468 e. The van der Waals surface area contributed by atoms with Gasteiger partial charge in [0, 0.05) is 19.5 Å². The lowest BCUT2D eigenvalue weighted by Crippen LogP contribution is -2.34. The van der Waals surface area contributed by atoms with Gasteiger partial charge in [-0.3, -0.25) is 9.59 Å². The molecule has 0 amide bonds. The molecule has 0 aromatic heterocycles. The predicted molar refractivity (Wildman–Crippen MR) is 68.0 cm³/mol. The fraction of sp³-hybridized carbons (Fsp3) is 0.833. The van der Waals surface area contributed by atoms with E-state index in [4.69, 9.17) is 9.84 Å². The summed E-state index contributed by atoms with van der Waals surface area (Å²) in [5.41, 5.74) is 0. The van der Waals surface area contributed by atoms with Crippen molar-refractivity contribution in [2.75, 3.05) is 40.4 Å². The van der Waals surface area contributed by atoms with Crippen LogP contribution in [-0.4, -0.2) is 84.8 Å². The maximum absolute atomic E-state index is 11.6. The highest BCUT2D eigenvalue weighted by molar-refractivity contribution is 5.76. The molecule has 0 aromatic rings. The zero-order valence-corrected chi connectivity index (χ0v) is 11.8. The first-order chi connectivity index (χ1) is 9.47. The number of likely N-dealkylation sites (N-methyl/N-ethyl adjacent to an activating group) is 1. The second-order valence-electron chi connectivity index (χ2n) is 4.79. The van der Waals surface area contributed by atoms with Gasteiger partial charge in [0.25, 0.3) is 0 Å². The molecule has 1 heterocycles. The van der Waals surface area contributed by atoms with E-state index in [2.05, 4.69) is 4.74 Å².